The quantitative estimate of drug-likeness (QED) is 0.840. The molecule has 0 aliphatic heterocycles. The largest absolute Gasteiger partial charge is 0.311 e. The average molecular weight is 237 g/mol. The van der Waals surface area contributed by atoms with Crippen molar-refractivity contribution in [3.63, 3.8) is 0 Å². The monoisotopic (exact) mass is 237 g/mol. The minimum Gasteiger partial charge on any atom is -0.311 e. The lowest BCUT2D eigenvalue weighted by atomic mass is 9.87. The highest BCUT2D eigenvalue weighted by Gasteiger charge is 2.21. The first-order valence-corrected chi connectivity index (χ1v) is 6.30. The number of hydrogen-bond acceptors (Lipinski definition) is 1. The second-order valence-electron chi connectivity index (χ2n) is 5.95. The average Bonchev–Trinajstić information content (AvgIpc) is 2.20. The molecular weight excluding hydrogens is 213 g/mol. The Kier molecular flexibility index (Phi) is 4.70. The summed E-state index contributed by atoms with van der Waals surface area (Å²) in [5, 5.41) is 3.53. The Balaban J connectivity index is 2.56. The van der Waals surface area contributed by atoms with Gasteiger partial charge in [0.2, 0.25) is 0 Å². The van der Waals surface area contributed by atoms with Crippen LogP contribution in [0.2, 0.25) is 0 Å². The first-order chi connectivity index (χ1) is 7.80. The van der Waals surface area contributed by atoms with E-state index in [-0.39, 0.29) is 17.3 Å². The molecule has 0 bridgehead atoms. The summed E-state index contributed by atoms with van der Waals surface area (Å²) in [4.78, 5) is 0. The van der Waals surface area contributed by atoms with Gasteiger partial charge in [0, 0.05) is 12.1 Å². The van der Waals surface area contributed by atoms with Crippen LogP contribution >= 0.6 is 0 Å². The van der Waals surface area contributed by atoms with E-state index >= 15 is 0 Å². The minimum absolute atomic E-state index is 0.107. The summed E-state index contributed by atoms with van der Waals surface area (Å²) in [6, 6.07) is 7.68. The molecular formula is C15H24FN. The molecule has 1 rings (SSSR count). The molecule has 0 radical (unpaired) electrons. The number of halogens is 1. The predicted octanol–water partition coefficient (Wildman–Crippen LogP) is 3.78. The van der Waals surface area contributed by atoms with Crippen molar-refractivity contribution in [1.82, 2.24) is 5.32 Å². The molecule has 2 atom stereocenters. The van der Waals surface area contributed by atoms with Crippen molar-refractivity contribution in [2.45, 2.75) is 53.1 Å². The highest BCUT2D eigenvalue weighted by molar-refractivity contribution is 5.18. The Bertz CT molecular complexity index is 354. The summed E-state index contributed by atoms with van der Waals surface area (Å²) < 4.78 is 13.5. The summed E-state index contributed by atoms with van der Waals surface area (Å²) in [5.41, 5.74) is 1.01. The van der Waals surface area contributed by atoms with Gasteiger partial charge in [-0.3, -0.25) is 0 Å². The van der Waals surface area contributed by atoms with Crippen LogP contribution in [0.5, 0.6) is 0 Å². The summed E-state index contributed by atoms with van der Waals surface area (Å²) in [7, 11) is 0. The molecule has 96 valence electrons. The van der Waals surface area contributed by atoms with Gasteiger partial charge in [-0.15, -0.1) is 0 Å². The van der Waals surface area contributed by atoms with E-state index < -0.39 is 0 Å². The van der Waals surface area contributed by atoms with Crippen molar-refractivity contribution in [1.29, 1.82) is 0 Å². The molecule has 0 aliphatic carbocycles. The number of nitrogens with one attached hydrogen (secondary N) is 1. The molecule has 17 heavy (non-hydrogen) atoms. The summed E-state index contributed by atoms with van der Waals surface area (Å²) >= 11 is 0. The van der Waals surface area contributed by atoms with Gasteiger partial charge in [-0.1, -0.05) is 39.0 Å². The lowest BCUT2D eigenvalue weighted by Crippen LogP contribution is -2.43. The van der Waals surface area contributed by atoms with E-state index in [9.17, 15) is 4.39 Å². The van der Waals surface area contributed by atoms with Crippen LogP contribution in [0.15, 0.2) is 24.3 Å². The molecule has 0 saturated heterocycles. The second-order valence-corrected chi connectivity index (χ2v) is 5.95. The first-order valence-electron chi connectivity index (χ1n) is 6.30. The third kappa shape index (κ3) is 4.47. The number of hydrogen-bond donors (Lipinski definition) is 1. The number of benzene rings is 1. The van der Waals surface area contributed by atoms with E-state index in [2.05, 4.69) is 39.9 Å². The van der Waals surface area contributed by atoms with E-state index in [1.807, 2.05) is 12.1 Å². The van der Waals surface area contributed by atoms with Crippen molar-refractivity contribution in [3.05, 3.63) is 35.6 Å². The molecule has 1 aromatic carbocycles. The van der Waals surface area contributed by atoms with Gasteiger partial charge >= 0.3 is 0 Å². The topological polar surface area (TPSA) is 12.0 Å². The SMILES string of the molecule is CC(Cc1ccccc1F)NC(C)C(C)(C)C. The summed E-state index contributed by atoms with van der Waals surface area (Å²) in [5.74, 6) is -0.107. The van der Waals surface area contributed by atoms with Crippen LogP contribution in [0.3, 0.4) is 0 Å². The zero-order valence-electron chi connectivity index (χ0n) is 11.5. The third-order valence-electron chi connectivity index (χ3n) is 3.32. The molecule has 0 aromatic heterocycles. The predicted molar refractivity (Wildman–Crippen MR) is 71.6 cm³/mol. The molecule has 1 aromatic rings. The molecule has 1 N–H and O–H groups in total. The molecule has 0 fully saturated rings. The Labute approximate surface area is 104 Å². The van der Waals surface area contributed by atoms with Gasteiger partial charge in [-0.05, 0) is 37.3 Å². The molecule has 0 aliphatic rings. The third-order valence-corrected chi connectivity index (χ3v) is 3.32. The Morgan fingerprint density at radius 3 is 2.29 bits per heavy atom. The Morgan fingerprint density at radius 1 is 1.18 bits per heavy atom. The normalized spacial score (nSPS) is 15.6. The van der Waals surface area contributed by atoms with Gasteiger partial charge in [-0.25, -0.2) is 4.39 Å². The fourth-order valence-corrected chi connectivity index (χ4v) is 1.73. The smallest absolute Gasteiger partial charge is 0.126 e. The van der Waals surface area contributed by atoms with Crippen molar-refractivity contribution in [3.8, 4) is 0 Å². The van der Waals surface area contributed by atoms with Gasteiger partial charge in [-0.2, -0.15) is 0 Å². The molecule has 1 nitrogen and oxygen atoms in total. The van der Waals surface area contributed by atoms with Crippen LogP contribution in [0.25, 0.3) is 0 Å². The van der Waals surface area contributed by atoms with Gasteiger partial charge in [0.1, 0.15) is 5.82 Å². The Morgan fingerprint density at radius 2 is 1.76 bits per heavy atom. The van der Waals surface area contributed by atoms with Gasteiger partial charge < -0.3 is 5.32 Å². The van der Waals surface area contributed by atoms with Crippen molar-refractivity contribution in [2.24, 2.45) is 5.41 Å². The van der Waals surface area contributed by atoms with Crippen LogP contribution in [0, 0.1) is 11.2 Å². The van der Waals surface area contributed by atoms with Crippen molar-refractivity contribution in [2.75, 3.05) is 0 Å². The zero-order chi connectivity index (χ0) is 13.1. The zero-order valence-corrected chi connectivity index (χ0v) is 11.5. The van der Waals surface area contributed by atoms with Gasteiger partial charge in [0.25, 0.3) is 0 Å². The molecule has 0 spiro atoms. The van der Waals surface area contributed by atoms with E-state index in [1.165, 1.54) is 6.07 Å². The van der Waals surface area contributed by atoms with E-state index in [0.717, 1.165) is 12.0 Å². The van der Waals surface area contributed by atoms with E-state index in [4.69, 9.17) is 0 Å². The highest BCUT2D eigenvalue weighted by atomic mass is 19.1. The van der Waals surface area contributed by atoms with Gasteiger partial charge in [0.15, 0.2) is 0 Å². The van der Waals surface area contributed by atoms with Crippen LogP contribution in [0.1, 0.15) is 40.2 Å². The van der Waals surface area contributed by atoms with Crippen LogP contribution in [-0.4, -0.2) is 12.1 Å². The second kappa shape index (κ2) is 5.63. The lowest BCUT2D eigenvalue weighted by molar-refractivity contribution is 0.266. The first kappa shape index (κ1) is 14.2. The van der Waals surface area contributed by atoms with Crippen LogP contribution in [0.4, 0.5) is 4.39 Å². The molecule has 0 heterocycles. The fraction of sp³-hybridized carbons (Fsp3) is 0.600. The maximum Gasteiger partial charge on any atom is 0.126 e. The maximum atomic E-state index is 13.5. The fourth-order valence-electron chi connectivity index (χ4n) is 1.73. The molecule has 2 unspecified atom stereocenters. The standard InChI is InChI=1S/C15H24FN/c1-11(17-12(2)15(3,4)5)10-13-8-6-7-9-14(13)16/h6-9,11-12,17H,10H2,1-5H3. The van der Waals surface area contributed by atoms with E-state index in [1.54, 1.807) is 6.07 Å². The maximum absolute atomic E-state index is 13.5. The lowest BCUT2D eigenvalue weighted by Gasteiger charge is -2.31. The van der Waals surface area contributed by atoms with Crippen LogP contribution in [-0.2, 0) is 6.42 Å². The minimum atomic E-state index is -0.107. The molecule has 0 saturated carbocycles. The van der Waals surface area contributed by atoms with Gasteiger partial charge in [0.05, 0.1) is 0 Å². The van der Waals surface area contributed by atoms with Crippen molar-refractivity contribution >= 4 is 0 Å². The summed E-state index contributed by atoms with van der Waals surface area (Å²) in [6.45, 7) is 10.9. The molecule has 2 heteroatoms. The molecule has 0 amide bonds. The Hall–Kier alpha value is -0.890. The summed E-state index contributed by atoms with van der Waals surface area (Å²) in [6.07, 6.45) is 0.729. The van der Waals surface area contributed by atoms with Crippen LogP contribution < -0.4 is 5.32 Å². The van der Waals surface area contributed by atoms with E-state index in [0.29, 0.717) is 6.04 Å². The van der Waals surface area contributed by atoms with Crippen molar-refractivity contribution < 1.29 is 4.39 Å². The highest BCUT2D eigenvalue weighted by Crippen LogP contribution is 2.19. The number of rotatable bonds is 4.